The molecule has 1 N–H and O–H groups in total. The molecule has 0 aromatic carbocycles. The van der Waals surface area contributed by atoms with Crippen LogP contribution in [-0.2, 0) is 0 Å². The molecule has 1 fully saturated rings. The third-order valence-electron chi connectivity index (χ3n) is 3.68. The number of halogens is 2. The minimum Gasteiger partial charge on any atom is -0.477 e. The van der Waals surface area contributed by atoms with Gasteiger partial charge in [-0.05, 0) is 63.2 Å². The summed E-state index contributed by atoms with van der Waals surface area (Å²) in [5.41, 5.74) is 0.580. The van der Waals surface area contributed by atoms with Crippen molar-refractivity contribution in [2.75, 3.05) is 33.2 Å². The lowest BCUT2D eigenvalue weighted by Crippen LogP contribution is -2.47. The maximum Gasteiger partial charge on any atom is 0.354 e. The Morgan fingerprint density at radius 3 is 1.85 bits per heavy atom. The highest BCUT2D eigenvalue weighted by Crippen LogP contribution is 2.10. The molecule has 0 unspecified atom stereocenters. The van der Waals surface area contributed by atoms with E-state index >= 15 is 0 Å². The smallest absolute Gasteiger partial charge is 0.354 e. The van der Waals surface area contributed by atoms with Crippen LogP contribution in [0, 0.1) is 0 Å². The molecule has 3 rings (SSSR count). The quantitative estimate of drug-likeness (QED) is 0.703. The van der Waals surface area contributed by atoms with Crippen molar-refractivity contribution in [2.45, 2.75) is 0 Å². The molecule has 0 saturated carbocycles. The van der Waals surface area contributed by atoms with Crippen molar-refractivity contribution in [1.29, 1.82) is 0 Å². The summed E-state index contributed by atoms with van der Waals surface area (Å²) < 4.78 is 1.67. The number of carboxylic acid groups (broad SMARTS) is 1. The topological polar surface area (TPSA) is 86.6 Å². The fourth-order valence-corrected chi connectivity index (χ4v) is 2.65. The van der Waals surface area contributed by atoms with Crippen LogP contribution in [0.5, 0.6) is 0 Å². The van der Waals surface area contributed by atoms with Crippen LogP contribution in [0.2, 0.25) is 0 Å². The van der Waals surface area contributed by atoms with E-state index in [9.17, 15) is 9.59 Å². The molecule has 1 aliphatic heterocycles. The predicted molar refractivity (Wildman–Crippen MR) is 104 cm³/mol. The average Bonchev–Trinajstić information content (AvgIpc) is 2.63. The highest BCUT2D eigenvalue weighted by molar-refractivity contribution is 9.10. The molecule has 0 spiro atoms. The first kappa shape index (κ1) is 20.5. The molecule has 1 amide bonds. The molecule has 3 heterocycles. The van der Waals surface area contributed by atoms with Gasteiger partial charge in [-0.2, -0.15) is 0 Å². The number of aromatic nitrogens is 2. The van der Waals surface area contributed by atoms with E-state index in [-0.39, 0.29) is 11.6 Å². The minimum atomic E-state index is -1.01. The van der Waals surface area contributed by atoms with Crippen LogP contribution in [0.15, 0.2) is 45.6 Å². The standard InChI is InChI=1S/C11H14BrN3O.C6H4BrNO2/c1-14-4-6-15(7-5-14)11(16)10-3-2-9(12)8-13-10;7-4-1-2-5(6(9)10)8-3-4/h2-3,8H,4-7H2,1H3;1-3H,(H,9,10). The largest absolute Gasteiger partial charge is 0.477 e. The van der Waals surface area contributed by atoms with Gasteiger partial charge in [0.2, 0.25) is 0 Å². The summed E-state index contributed by atoms with van der Waals surface area (Å²) in [6.45, 7) is 3.44. The maximum absolute atomic E-state index is 12.0. The van der Waals surface area contributed by atoms with E-state index in [0.717, 1.165) is 35.1 Å². The molecule has 7 nitrogen and oxygen atoms in total. The van der Waals surface area contributed by atoms with E-state index < -0.39 is 5.97 Å². The summed E-state index contributed by atoms with van der Waals surface area (Å²) in [5.74, 6) is -0.979. The van der Waals surface area contributed by atoms with Crippen molar-refractivity contribution < 1.29 is 14.7 Å². The second-order valence-electron chi connectivity index (χ2n) is 5.62. The van der Waals surface area contributed by atoms with E-state index in [2.05, 4.69) is 53.8 Å². The Morgan fingerprint density at radius 1 is 0.923 bits per heavy atom. The molecule has 1 aliphatic rings. The number of likely N-dealkylation sites (N-methyl/N-ethyl adjacent to an activating group) is 1. The minimum absolute atomic E-state index is 0.0283. The summed E-state index contributed by atoms with van der Waals surface area (Å²) in [6, 6.07) is 6.67. The van der Waals surface area contributed by atoms with Crippen molar-refractivity contribution >= 4 is 43.7 Å². The fourth-order valence-electron chi connectivity index (χ4n) is 2.18. The molecule has 0 bridgehead atoms. The van der Waals surface area contributed by atoms with Crippen molar-refractivity contribution in [3.8, 4) is 0 Å². The third-order valence-corrected chi connectivity index (χ3v) is 4.62. The lowest BCUT2D eigenvalue weighted by atomic mass is 10.2. The lowest BCUT2D eigenvalue weighted by molar-refractivity contribution is 0.0656. The molecule has 138 valence electrons. The summed E-state index contributed by atoms with van der Waals surface area (Å²) in [5, 5.41) is 8.40. The third kappa shape index (κ3) is 6.15. The van der Waals surface area contributed by atoms with Gasteiger partial charge in [-0.1, -0.05) is 0 Å². The Labute approximate surface area is 168 Å². The molecule has 0 atom stereocenters. The number of hydrogen-bond donors (Lipinski definition) is 1. The van der Waals surface area contributed by atoms with Gasteiger partial charge < -0.3 is 14.9 Å². The van der Waals surface area contributed by atoms with Crippen LogP contribution in [0.4, 0.5) is 0 Å². The van der Waals surface area contributed by atoms with Crippen molar-refractivity contribution in [2.24, 2.45) is 0 Å². The molecule has 1 saturated heterocycles. The van der Waals surface area contributed by atoms with Crippen LogP contribution in [-0.4, -0.2) is 70.0 Å². The summed E-state index contributed by atoms with van der Waals surface area (Å²) >= 11 is 6.44. The number of hydrogen-bond acceptors (Lipinski definition) is 5. The molecule has 0 aliphatic carbocycles. The zero-order chi connectivity index (χ0) is 19.1. The molecule has 26 heavy (non-hydrogen) atoms. The van der Waals surface area contributed by atoms with Gasteiger partial charge in [0.05, 0.1) is 0 Å². The second-order valence-corrected chi connectivity index (χ2v) is 7.46. The highest BCUT2D eigenvalue weighted by atomic mass is 79.9. The Bertz CT molecular complexity index is 746. The normalized spacial score (nSPS) is 14.3. The fraction of sp³-hybridized carbons (Fsp3) is 0.294. The molecular formula is C17H18Br2N4O3. The summed E-state index contributed by atoms with van der Waals surface area (Å²) in [4.78, 5) is 34.1. The maximum atomic E-state index is 12.0. The number of amides is 1. The monoisotopic (exact) mass is 484 g/mol. The van der Waals surface area contributed by atoms with Gasteiger partial charge >= 0.3 is 5.97 Å². The molecule has 2 aromatic rings. The number of piperazine rings is 1. The van der Waals surface area contributed by atoms with Gasteiger partial charge in [0.1, 0.15) is 11.4 Å². The van der Waals surface area contributed by atoms with Crippen LogP contribution in [0.25, 0.3) is 0 Å². The lowest BCUT2D eigenvalue weighted by Gasteiger charge is -2.32. The SMILES string of the molecule is CN1CCN(C(=O)c2ccc(Br)cn2)CC1.O=C(O)c1ccc(Br)cn1. The van der Waals surface area contributed by atoms with Crippen molar-refractivity contribution in [3.05, 3.63) is 57.0 Å². The van der Waals surface area contributed by atoms with Gasteiger partial charge in [0.15, 0.2) is 0 Å². The van der Waals surface area contributed by atoms with Gasteiger partial charge in [-0.3, -0.25) is 4.79 Å². The zero-order valence-corrected chi connectivity index (χ0v) is 17.3. The van der Waals surface area contributed by atoms with Crippen LogP contribution in [0.1, 0.15) is 21.0 Å². The number of carboxylic acids is 1. The first-order chi connectivity index (χ1) is 12.4. The van der Waals surface area contributed by atoms with E-state index in [1.165, 1.54) is 12.3 Å². The van der Waals surface area contributed by atoms with E-state index in [1.54, 1.807) is 18.3 Å². The van der Waals surface area contributed by atoms with Gasteiger partial charge in [-0.25, -0.2) is 14.8 Å². The summed E-state index contributed by atoms with van der Waals surface area (Å²) in [7, 11) is 2.07. The average molecular weight is 486 g/mol. The number of carbonyl (C=O) groups excluding carboxylic acids is 1. The van der Waals surface area contributed by atoms with E-state index in [4.69, 9.17) is 5.11 Å². The number of pyridine rings is 2. The Kier molecular flexibility index (Phi) is 7.67. The van der Waals surface area contributed by atoms with Gasteiger partial charge in [0.25, 0.3) is 5.91 Å². The second kappa shape index (κ2) is 9.75. The van der Waals surface area contributed by atoms with Crippen LogP contribution >= 0.6 is 31.9 Å². The number of aromatic carboxylic acids is 1. The molecule has 9 heteroatoms. The Balaban J connectivity index is 0.000000209. The predicted octanol–water partition coefficient (Wildman–Crippen LogP) is 2.77. The van der Waals surface area contributed by atoms with Crippen molar-refractivity contribution in [3.63, 3.8) is 0 Å². The van der Waals surface area contributed by atoms with Gasteiger partial charge in [0, 0.05) is 47.5 Å². The molecular weight excluding hydrogens is 468 g/mol. The molecule has 0 radical (unpaired) electrons. The Hall–Kier alpha value is -1.84. The van der Waals surface area contributed by atoms with Crippen molar-refractivity contribution in [1.82, 2.24) is 19.8 Å². The summed E-state index contributed by atoms with van der Waals surface area (Å²) in [6.07, 6.45) is 3.10. The first-order valence-electron chi connectivity index (χ1n) is 7.81. The number of rotatable bonds is 2. The zero-order valence-electron chi connectivity index (χ0n) is 14.1. The van der Waals surface area contributed by atoms with Gasteiger partial charge in [-0.15, -0.1) is 0 Å². The van der Waals surface area contributed by atoms with E-state index in [1.807, 2.05) is 11.0 Å². The molecule has 2 aromatic heterocycles. The number of nitrogens with zero attached hydrogens (tertiary/aromatic N) is 4. The first-order valence-corrected chi connectivity index (χ1v) is 9.39. The van der Waals surface area contributed by atoms with Crippen LogP contribution < -0.4 is 0 Å². The number of carbonyl (C=O) groups is 2. The van der Waals surface area contributed by atoms with E-state index in [0.29, 0.717) is 5.69 Å². The van der Waals surface area contributed by atoms with Crippen LogP contribution in [0.3, 0.4) is 0 Å². The highest BCUT2D eigenvalue weighted by Gasteiger charge is 2.20. The Morgan fingerprint density at radius 2 is 1.42 bits per heavy atom.